The third kappa shape index (κ3) is 2.88. The van der Waals surface area contributed by atoms with E-state index in [1.807, 2.05) is 18.2 Å². The van der Waals surface area contributed by atoms with Crippen molar-refractivity contribution in [3.05, 3.63) is 70.8 Å². The van der Waals surface area contributed by atoms with Gasteiger partial charge in [-0.2, -0.15) is 13.2 Å². The largest absolute Gasteiger partial charge is 0.416 e. The molecule has 0 bridgehead atoms. The number of hydrogen-bond acceptors (Lipinski definition) is 1. The standard InChI is InChI=1S/C19H18F3N/c20-19(21,22)14-8-6-13-7-9-17(15(13)10-14)23-18-11-16(18)12-4-2-1-3-5-12/h1-6,8,10,16-18,23H,7,9,11H2. The molecule has 0 radical (unpaired) electrons. The fraction of sp³-hybridized carbons (Fsp3) is 0.368. The van der Waals surface area contributed by atoms with Crippen LogP contribution in [0, 0.1) is 0 Å². The molecule has 1 N–H and O–H groups in total. The number of fused-ring (bicyclic) bond motifs is 1. The maximum Gasteiger partial charge on any atom is 0.416 e. The minimum absolute atomic E-state index is 0.0472. The zero-order valence-electron chi connectivity index (χ0n) is 12.6. The predicted molar refractivity (Wildman–Crippen MR) is 83.2 cm³/mol. The Morgan fingerprint density at radius 3 is 2.52 bits per heavy atom. The zero-order valence-corrected chi connectivity index (χ0v) is 12.6. The van der Waals surface area contributed by atoms with E-state index in [1.54, 1.807) is 6.07 Å². The Morgan fingerprint density at radius 2 is 1.78 bits per heavy atom. The van der Waals surface area contributed by atoms with Crippen molar-refractivity contribution in [1.29, 1.82) is 0 Å². The van der Waals surface area contributed by atoms with E-state index < -0.39 is 11.7 Å². The first-order valence-electron chi connectivity index (χ1n) is 8.03. The first-order valence-corrected chi connectivity index (χ1v) is 8.03. The van der Waals surface area contributed by atoms with E-state index in [1.165, 1.54) is 17.7 Å². The molecule has 0 saturated heterocycles. The van der Waals surface area contributed by atoms with Crippen molar-refractivity contribution in [2.24, 2.45) is 0 Å². The zero-order chi connectivity index (χ0) is 16.0. The first kappa shape index (κ1) is 14.8. The number of rotatable bonds is 3. The number of halogens is 3. The molecule has 3 atom stereocenters. The second-order valence-electron chi connectivity index (χ2n) is 6.53. The number of alkyl halides is 3. The fourth-order valence-electron chi connectivity index (χ4n) is 3.66. The van der Waals surface area contributed by atoms with E-state index in [2.05, 4.69) is 17.4 Å². The lowest BCUT2D eigenvalue weighted by atomic mass is 10.0. The monoisotopic (exact) mass is 317 g/mol. The van der Waals surface area contributed by atoms with Gasteiger partial charge < -0.3 is 5.32 Å². The Labute approximate surface area is 133 Å². The summed E-state index contributed by atoms with van der Waals surface area (Å²) in [7, 11) is 0. The van der Waals surface area contributed by atoms with Crippen LogP contribution in [-0.4, -0.2) is 6.04 Å². The molecule has 0 amide bonds. The van der Waals surface area contributed by atoms with Crippen LogP contribution < -0.4 is 5.32 Å². The molecule has 0 aromatic heterocycles. The highest BCUT2D eigenvalue weighted by molar-refractivity contribution is 5.40. The Kier molecular flexibility index (Phi) is 3.45. The smallest absolute Gasteiger partial charge is 0.307 e. The summed E-state index contributed by atoms with van der Waals surface area (Å²) in [5, 5.41) is 3.57. The average molecular weight is 317 g/mol. The lowest BCUT2D eigenvalue weighted by Gasteiger charge is -2.16. The van der Waals surface area contributed by atoms with Crippen molar-refractivity contribution in [3.63, 3.8) is 0 Å². The molecule has 0 heterocycles. The van der Waals surface area contributed by atoms with Crippen LogP contribution in [0.3, 0.4) is 0 Å². The maximum atomic E-state index is 12.9. The van der Waals surface area contributed by atoms with Gasteiger partial charge in [0.15, 0.2) is 0 Å². The van der Waals surface area contributed by atoms with Gasteiger partial charge in [0.05, 0.1) is 5.56 Å². The van der Waals surface area contributed by atoms with Crippen LogP contribution in [0.25, 0.3) is 0 Å². The summed E-state index contributed by atoms with van der Waals surface area (Å²) < 4.78 is 38.8. The van der Waals surface area contributed by atoms with Gasteiger partial charge in [-0.05, 0) is 48.1 Å². The van der Waals surface area contributed by atoms with Gasteiger partial charge >= 0.3 is 6.18 Å². The van der Waals surface area contributed by atoms with Gasteiger partial charge in [-0.15, -0.1) is 0 Å². The quantitative estimate of drug-likeness (QED) is 0.854. The molecule has 23 heavy (non-hydrogen) atoms. The molecule has 120 valence electrons. The van der Waals surface area contributed by atoms with E-state index >= 15 is 0 Å². The van der Waals surface area contributed by atoms with Gasteiger partial charge in [0, 0.05) is 18.0 Å². The Balaban J connectivity index is 1.49. The molecule has 4 rings (SSSR count). The second kappa shape index (κ2) is 5.38. The van der Waals surface area contributed by atoms with Crippen LogP contribution in [0.4, 0.5) is 13.2 Å². The second-order valence-corrected chi connectivity index (χ2v) is 6.53. The van der Waals surface area contributed by atoms with E-state index in [9.17, 15) is 13.2 Å². The van der Waals surface area contributed by atoms with Gasteiger partial charge in [-0.25, -0.2) is 0 Å². The molecule has 2 aromatic rings. The van der Waals surface area contributed by atoms with Crippen LogP contribution >= 0.6 is 0 Å². The minimum Gasteiger partial charge on any atom is -0.307 e. The third-order valence-electron chi connectivity index (χ3n) is 4.98. The van der Waals surface area contributed by atoms with Crippen molar-refractivity contribution in [2.45, 2.75) is 43.4 Å². The van der Waals surface area contributed by atoms with Crippen molar-refractivity contribution in [3.8, 4) is 0 Å². The molecular formula is C19H18F3N. The first-order chi connectivity index (χ1) is 11.0. The summed E-state index contributed by atoms with van der Waals surface area (Å²) in [6, 6.07) is 14.9. The topological polar surface area (TPSA) is 12.0 Å². The van der Waals surface area contributed by atoms with E-state index in [4.69, 9.17) is 0 Å². The Hall–Kier alpha value is -1.81. The van der Waals surface area contributed by atoms with Crippen LogP contribution in [0.1, 0.15) is 47.1 Å². The summed E-state index contributed by atoms with van der Waals surface area (Å²) in [6.45, 7) is 0. The van der Waals surface area contributed by atoms with Crippen LogP contribution in [-0.2, 0) is 12.6 Å². The van der Waals surface area contributed by atoms with E-state index in [0.717, 1.165) is 30.4 Å². The molecule has 2 aliphatic carbocycles. The number of hydrogen-bond donors (Lipinski definition) is 1. The van der Waals surface area contributed by atoms with Crippen molar-refractivity contribution < 1.29 is 13.2 Å². The summed E-state index contributed by atoms with van der Waals surface area (Å²) in [5.41, 5.74) is 2.65. The van der Waals surface area contributed by atoms with Crippen LogP contribution in [0.5, 0.6) is 0 Å². The lowest BCUT2D eigenvalue weighted by molar-refractivity contribution is -0.137. The summed E-state index contributed by atoms with van der Waals surface area (Å²) in [6.07, 6.45) is -1.47. The van der Waals surface area contributed by atoms with Gasteiger partial charge in [0.25, 0.3) is 0 Å². The van der Waals surface area contributed by atoms with Crippen molar-refractivity contribution >= 4 is 0 Å². The molecular weight excluding hydrogens is 299 g/mol. The van der Waals surface area contributed by atoms with Crippen molar-refractivity contribution in [2.75, 3.05) is 0 Å². The Morgan fingerprint density at radius 1 is 1.00 bits per heavy atom. The van der Waals surface area contributed by atoms with Crippen molar-refractivity contribution in [1.82, 2.24) is 5.32 Å². The van der Waals surface area contributed by atoms with E-state index in [-0.39, 0.29) is 6.04 Å². The van der Waals surface area contributed by atoms with Gasteiger partial charge in [-0.3, -0.25) is 0 Å². The molecule has 2 aromatic carbocycles. The number of aryl methyl sites for hydroxylation is 1. The number of benzene rings is 2. The summed E-state index contributed by atoms with van der Waals surface area (Å²) in [4.78, 5) is 0. The molecule has 4 heteroatoms. The third-order valence-corrected chi connectivity index (χ3v) is 4.98. The molecule has 1 nitrogen and oxygen atoms in total. The molecule has 0 aliphatic heterocycles. The van der Waals surface area contributed by atoms with Gasteiger partial charge in [-0.1, -0.05) is 36.4 Å². The minimum atomic E-state index is -4.27. The summed E-state index contributed by atoms with van der Waals surface area (Å²) in [5.74, 6) is 0.492. The van der Waals surface area contributed by atoms with Crippen LogP contribution in [0.15, 0.2) is 48.5 Å². The highest BCUT2D eigenvalue weighted by Gasteiger charge is 2.41. The summed E-state index contributed by atoms with van der Waals surface area (Å²) >= 11 is 0. The molecule has 2 aliphatic rings. The maximum absolute atomic E-state index is 12.9. The van der Waals surface area contributed by atoms with Gasteiger partial charge in [0.2, 0.25) is 0 Å². The normalized spacial score (nSPS) is 26.1. The Bertz CT molecular complexity index is 708. The van der Waals surface area contributed by atoms with Crippen LogP contribution in [0.2, 0.25) is 0 Å². The number of nitrogens with one attached hydrogen (secondary N) is 1. The predicted octanol–water partition coefficient (Wildman–Crippen LogP) is 4.84. The average Bonchev–Trinajstić information content (AvgIpc) is 3.19. The molecule has 1 fully saturated rings. The fourth-order valence-corrected chi connectivity index (χ4v) is 3.66. The molecule has 0 spiro atoms. The SMILES string of the molecule is FC(F)(F)c1ccc2c(c1)C(NC1CC1c1ccccc1)CC2. The highest BCUT2D eigenvalue weighted by Crippen LogP contribution is 2.44. The molecule has 1 saturated carbocycles. The highest BCUT2D eigenvalue weighted by atomic mass is 19.4. The molecule has 3 unspecified atom stereocenters. The van der Waals surface area contributed by atoms with Gasteiger partial charge in [0.1, 0.15) is 0 Å². The lowest BCUT2D eigenvalue weighted by Crippen LogP contribution is -2.23. The van der Waals surface area contributed by atoms with E-state index in [0.29, 0.717) is 12.0 Å².